The minimum Gasteiger partial charge on any atom is -0.497 e. The highest BCUT2D eigenvalue weighted by Crippen LogP contribution is 2.29. The first-order valence-corrected chi connectivity index (χ1v) is 7.97. The molecule has 0 spiro atoms. The second-order valence-corrected chi connectivity index (χ2v) is 6.21. The summed E-state index contributed by atoms with van der Waals surface area (Å²) in [5.74, 6) is 0.526. The van der Waals surface area contributed by atoms with Gasteiger partial charge in [-0.05, 0) is 29.8 Å². The number of thiophene rings is 1. The number of nitro groups is 1. The van der Waals surface area contributed by atoms with Gasteiger partial charge in [0, 0.05) is 28.8 Å². The molecule has 0 saturated carbocycles. The number of fused-ring (bicyclic) bond motifs is 1. The molecule has 0 bridgehead atoms. The van der Waals surface area contributed by atoms with Crippen LogP contribution in [0.2, 0.25) is 0 Å². The summed E-state index contributed by atoms with van der Waals surface area (Å²) in [5, 5.41) is 14.4. The van der Waals surface area contributed by atoms with Crippen LogP contribution in [0.5, 0.6) is 5.75 Å². The van der Waals surface area contributed by atoms with E-state index in [1.54, 1.807) is 19.2 Å². The van der Waals surface area contributed by atoms with E-state index in [1.807, 2.05) is 24.3 Å². The number of carbonyl (C=O) groups is 1. The van der Waals surface area contributed by atoms with Crippen LogP contribution in [-0.4, -0.2) is 17.9 Å². The molecule has 7 heteroatoms. The monoisotopic (exact) mass is 342 g/mol. The van der Waals surface area contributed by atoms with E-state index in [1.165, 1.54) is 23.5 Å². The average molecular weight is 342 g/mol. The number of nitro benzene ring substituents is 1. The molecule has 0 radical (unpaired) electrons. The molecular weight excluding hydrogens is 328 g/mol. The number of hydrogen-bond acceptors (Lipinski definition) is 5. The van der Waals surface area contributed by atoms with Crippen LogP contribution in [0.4, 0.5) is 5.69 Å². The summed E-state index contributed by atoms with van der Waals surface area (Å²) in [6.45, 7) is 0.379. The van der Waals surface area contributed by atoms with Gasteiger partial charge in [-0.2, -0.15) is 0 Å². The summed E-state index contributed by atoms with van der Waals surface area (Å²) in [6, 6.07) is 13.7. The van der Waals surface area contributed by atoms with Crippen LogP contribution in [0, 0.1) is 10.1 Å². The van der Waals surface area contributed by atoms with E-state index in [-0.39, 0.29) is 11.6 Å². The van der Waals surface area contributed by atoms with Crippen molar-refractivity contribution in [1.82, 2.24) is 5.32 Å². The molecule has 0 aliphatic rings. The Balaban J connectivity index is 1.74. The molecule has 0 aliphatic carbocycles. The maximum atomic E-state index is 12.3. The fraction of sp³-hybridized carbons (Fsp3) is 0.118. The number of hydrogen-bond donors (Lipinski definition) is 1. The molecule has 0 unspecified atom stereocenters. The highest BCUT2D eigenvalue weighted by Gasteiger charge is 2.13. The largest absolute Gasteiger partial charge is 0.497 e. The van der Waals surface area contributed by atoms with Gasteiger partial charge in [0.15, 0.2) is 0 Å². The lowest BCUT2D eigenvalue weighted by Crippen LogP contribution is -2.21. The maximum absolute atomic E-state index is 12.3. The number of methoxy groups -OCH3 is 1. The van der Waals surface area contributed by atoms with E-state index in [4.69, 9.17) is 4.74 Å². The Hall–Kier alpha value is -2.93. The number of rotatable bonds is 5. The van der Waals surface area contributed by atoms with Gasteiger partial charge in [0.05, 0.1) is 16.9 Å². The van der Waals surface area contributed by atoms with Crippen molar-refractivity contribution in [2.45, 2.75) is 6.54 Å². The fourth-order valence-electron chi connectivity index (χ4n) is 2.31. The van der Waals surface area contributed by atoms with E-state index in [9.17, 15) is 14.9 Å². The third-order valence-corrected chi connectivity index (χ3v) is 4.64. The van der Waals surface area contributed by atoms with Gasteiger partial charge in [-0.25, -0.2) is 0 Å². The number of nitrogens with one attached hydrogen (secondary N) is 1. The smallest absolute Gasteiger partial charge is 0.270 e. The minimum atomic E-state index is -0.445. The predicted octanol–water partition coefficient (Wildman–Crippen LogP) is 3.75. The zero-order chi connectivity index (χ0) is 17.1. The molecule has 24 heavy (non-hydrogen) atoms. The fourth-order valence-corrected chi connectivity index (χ4v) is 3.27. The quantitative estimate of drug-likeness (QED) is 0.565. The van der Waals surface area contributed by atoms with Gasteiger partial charge < -0.3 is 10.1 Å². The molecule has 0 aliphatic heterocycles. The minimum absolute atomic E-state index is 0.0173. The van der Waals surface area contributed by atoms with Crippen molar-refractivity contribution in [2.75, 3.05) is 7.11 Å². The zero-order valence-corrected chi connectivity index (χ0v) is 13.6. The lowest BCUT2D eigenvalue weighted by Gasteiger charge is -2.05. The molecule has 1 heterocycles. The van der Waals surface area contributed by atoms with Gasteiger partial charge in [-0.1, -0.05) is 12.1 Å². The van der Waals surface area contributed by atoms with Gasteiger partial charge in [0.2, 0.25) is 0 Å². The Morgan fingerprint density at radius 3 is 2.83 bits per heavy atom. The van der Waals surface area contributed by atoms with E-state index in [2.05, 4.69) is 5.32 Å². The third kappa shape index (κ3) is 3.36. The van der Waals surface area contributed by atoms with Crippen molar-refractivity contribution < 1.29 is 14.5 Å². The van der Waals surface area contributed by atoms with Crippen LogP contribution in [0.25, 0.3) is 10.1 Å². The van der Waals surface area contributed by atoms with E-state index < -0.39 is 4.92 Å². The molecule has 3 rings (SSSR count). The molecule has 1 aromatic heterocycles. The van der Waals surface area contributed by atoms with Crippen LogP contribution in [0.15, 0.2) is 48.5 Å². The Morgan fingerprint density at radius 1 is 1.25 bits per heavy atom. The van der Waals surface area contributed by atoms with E-state index >= 15 is 0 Å². The third-order valence-electron chi connectivity index (χ3n) is 3.52. The molecule has 6 nitrogen and oxygen atoms in total. The average Bonchev–Trinajstić information content (AvgIpc) is 3.03. The summed E-state index contributed by atoms with van der Waals surface area (Å²) in [7, 11) is 1.59. The first-order chi connectivity index (χ1) is 11.6. The Bertz CT molecular complexity index is 920. The molecule has 0 fully saturated rings. The van der Waals surface area contributed by atoms with Gasteiger partial charge in [-0.3, -0.25) is 14.9 Å². The van der Waals surface area contributed by atoms with Gasteiger partial charge in [-0.15, -0.1) is 11.3 Å². The summed E-state index contributed by atoms with van der Waals surface area (Å²) >= 11 is 1.31. The predicted molar refractivity (Wildman–Crippen MR) is 92.6 cm³/mol. The molecule has 1 N–H and O–H groups in total. The number of amides is 1. The summed E-state index contributed by atoms with van der Waals surface area (Å²) in [4.78, 5) is 23.2. The zero-order valence-electron chi connectivity index (χ0n) is 12.8. The molecular formula is C17H14N2O4S. The van der Waals surface area contributed by atoms with Crippen LogP contribution >= 0.6 is 11.3 Å². The van der Waals surface area contributed by atoms with Crippen molar-refractivity contribution >= 4 is 33.0 Å². The van der Waals surface area contributed by atoms with Crippen molar-refractivity contribution in [3.8, 4) is 5.75 Å². The van der Waals surface area contributed by atoms with Crippen molar-refractivity contribution in [1.29, 1.82) is 0 Å². The van der Waals surface area contributed by atoms with Gasteiger partial charge in [0.1, 0.15) is 5.75 Å². The highest BCUT2D eigenvalue weighted by molar-refractivity contribution is 7.20. The molecule has 0 atom stereocenters. The van der Waals surface area contributed by atoms with Gasteiger partial charge in [0.25, 0.3) is 11.6 Å². The second kappa shape index (κ2) is 6.67. The maximum Gasteiger partial charge on any atom is 0.270 e. The first kappa shape index (κ1) is 15.9. The molecule has 3 aromatic rings. The lowest BCUT2D eigenvalue weighted by molar-refractivity contribution is -0.384. The number of ether oxygens (including phenoxy) is 1. The Morgan fingerprint density at radius 2 is 2.08 bits per heavy atom. The van der Waals surface area contributed by atoms with Crippen LogP contribution in [-0.2, 0) is 6.54 Å². The summed E-state index contributed by atoms with van der Waals surface area (Å²) in [5.41, 5.74) is 0.947. The van der Waals surface area contributed by atoms with Crippen LogP contribution in [0.1, 0.15) is 15.2 Å². The van der Waals surface area contributed by atoms with Gasteiger partial charge >= 0.3 is 0 Å². The van der Waals surface area contributed by atoms with Crippen molar-refractivity contribution in [3.05, 3.63) is 69.1 Å². The Labute approximate surface area is 141 Å². The topological polar surface area (TPSA) is 81.5 Å². The van der Waals surface area contributed by atoms with E-state index in [0.717, 1.165) is 16.0 Å². The normalized spacial score (nSPS) is 10.5. The molecule has 1 amide bonds. The van der Waals surface area contributed by atoms with Crippen molar-refractivity contribution in [2.24, 2.45) is 0 Å². The molecule has 2 aromatic carbocycles. The first-order valence-electron chi connectivity index (χ1n) is 7.16. The summed E-state index contributed by atoms with van der Waals surface area (Å²) < 4.78 is 5.99. The number of carbonyl (C=O) groups excluding carboxylic acids is 1. The van der Waals surface area contributed by atoms with Crippen molar-refractivity contribution in [3.63, 3.8) is 0 Å². The Kier molecular flexibility index (Phi) is 4.43. The van der Waals surface area contributed by atoms with E-state index in [0.29, 0.717) is 16.8 Å². The standard InChI is InChI=1S/C17H14N2O4S/c1-23-14-4-2-3-11(7-14)10-18-17(20)16-9-12-8-13(19(21)22)5-6-15(12)24-16/h2-9H,10H2,1H3,(H,18,20). The lowest BCUT2D eigenvalue weighted by atomic mass is 10.2. The molecule has 0 saturated heterocycles. The summed E-state index contributed by atoms with van der Waals surface area (Å²) in [6.07, 6.45) is 0. The number of benzene rings is 2. The number of non-ortho nitro benzene ring substituents is 1. The van der Waals surface area contributed by atoms with Crippen LogP contribution < -0.4 is 10.1 Å². The second-order valence-electron chi connectivity index (χ2n) is 5.12. The highest BCUT2D eigenvalue weighted by atomic mass is 32.1. The van der Waals surface area contributed by atoms with Crippen LogP contribution in [0.3, 0.4) is 0 Å². The number of nitrogens with zero attached hydrogens (tertiary/aromatic N) is 1. The SMILES string of the molecule is COc1cccc(CNC(=O)c2cc3cc([N+](=O)[O-])ccc3s2)c1. The molecule has 122 valence electrons.